The highest BCUT2D eigenvalue weighted by molar-refractivity contribution is 7.91. The molecule has 0 spiro atoms. The van der Waals surface area contributed by atoms with E-state index < -0.39 is 27.8 Å². The third-order valence-corrected chi connectivity index (χ3v) is 9.03. The fraction of sp³-hybridized carbons (Fsp3) is 0.560. The minimum Gasteiger partial charge on any atom is -0.381 e. The van der Waals surface area contributed by atoms with E-state index in [1.165, 1.54) is 11.3 Å². The molecule has 1 saturated heterocycles. The van der Waals surface area contributed by atoms with E-state index in [1.54, 1.807) is 11.6 Å². The van der Waals surface area contributed by atoms with Crippen molar-refractivity contribution in [1.82, 2.24) is 15.6 Å². The molecule has 10 heteroatoms. The lowest BCUT2D eigenvalue weighted by Crippen LogP contribution is -2.56. The highest BCUT2D eigenvalue weighted by Crippen LogP contribution is 2.30. The van der Waals surface area contributed by atoms with Gasteiger partial charge in [0.15, 0.2) is 14.8 Å². The maximum absolute atomic E-state index is 13.5. The second-order valence-electron chi connectivity index (χ2n) is 9.41. The quantitative estimate of drug-likeness (QED) is 0.391. The molecule has 0 unspecified atom stereocenters. The second kappa shape index (κ2) is 12.2. The van der Waals surface area contributed by atoms with Crippen molar-refractivity contribution in [3.05, 3.63) is 52.5 Å². The Morgan fingerprint density at radius 1 is 1.09 bits per heavy atom. The Balaban J connectivity index is 1.48. The van der Waals surface area contributed by atoms with Gasteiger partial charge in [-0.15, -0.1) is 11.3 Å². The first-order valence-electron chi connectivity index (χ1n) is 12.2. The summed E-state index contributed by atoms with van der Waals surface area (Å²) in [7, 11) is -3.42. The highest BCUT2D eigenvalue weighted by atomic mass is 32.2. The Morgan fingerprint density at radius 2 is 1.83 bits per heavy atom. The predicted molar refractivity (Wildman–Crippen MR) is 135 cm³/mol. The van der Waals surface area contributed by atoms with Gasteiger partial charge >= 0.3 is 0 Å². The Hall–Kier alpha value is -2.14. The Kier molecular flexibility index (Phi) is 9.04. The minimum absolute atomic E-state index is 0.00643. The minimum atomic E-state index is -3.42. The first-order valence-corrected chi connectivity index (χ1v) is 14.9. The maximum Gasteiger partial charge on any atom is 0.238 e. The van der Waals surface area contributed by atoms with Crippen LogP contribution in [0.5, 0.6) is 0 Å². The molecule has 4 rings (SSSR count). The molecule has 1 saturated carbocycles. The van der Waals surface area contributed by atoms with Crippen LogP contribution in [0.3, 0.4) is 0 Å². The van der Waals surface area contributed by atoms with E-state index in [1.807, 2.05) is 30.3 Å². The smallest absolute Gasteiger partial charge is 0.238 e. The number of nitrogens with one attached hydrogen (secondary N) is 2. The van der Waals surface area contributed by atoms with Crippen molar-refractivity contribution in [2.24, 2.45) is 5.92 Å². The number of aryl methyl sites for hydroxylation is 1. The third-order valence-electron chi connectivity index (χ3n) is 6.42. The van der Waals surface area contributed by atoms with Crippen molar-refractivity contribution in [3.8, 4) is 0 Å². The van der Waals surface area contributed by atoms with Crippen LogP contribution in [0.25, 0.3) is 0 Å². The van der Waals surface area contributed by atoms with E-state index in [9.17, 15) is 18.0 Å². The molecule has 2 N–H and O–H groups in total. The van der Waals surface area contributed by atoms with Gasteiger partial charge in [-0.05, 0) is 50.0 Å². The van der Waals surface area contributed by atoms with Crippen molar-refractivity contribution >= 4 is 32.9 Å². The van der Waals surface area contributed by atoms with Crippen LogP contribution < -0.4 is 10.6 Å². The number of carbonyl (C=O) groups excluding carboxylic acids is 2. The number of amides is 1. The summed E-state index contributed by atoms with van der Waals surface area (Å²) < 4.78 is 31.1. The Bertz CT molecular complexity index is 1070. The summed E-state index contributed by atoms with van der Waals surface area (Å²) in [6.07, 6.45) is 5.83. The molecule has 0 radical (unpaired) electrons. The van der Waals surface area contributed by atoms with Gasteiger partial charge < -0.3 is 15.4 Å². The molecule has 8 nitrogen and oxygen atoms in total. The fourth-order valence-corrected chi connectivity index (χ4v) is 6.88. The lowest BCUT2D eigenvalue weighted by Gasteiger charge is -2.29. The number of rotatable bonds is 13. The fourth-order valence-electron chi connectivity index (χ4n) is 4.30. The number of ether oxygens (including phenoxy) is 1. The average molecular weight is 520 g/mol. The number of hydrogen-bond acceptors (Lipinski definition) is 8. The molecule has 1 aromatic carbocycles. The van der Waals surface area contributed by atoms with Crippen molar-refractivity contribution in [1.29, 1.82) is 0 Å². The van der Waals surface area contributed by atoms with Crippen molar-refractivity contribution < 1.29 is 22.7 Å². The molecule has 1 aromatic heterocycles. The van der Waals surface area contributed by atoms with Crippen LogP contribution in [0, 0.1) is 5.92 Å². The second-order valence-corrected chi connectivity index (χ2v) is 12.5. The number of hydrogen-bond donors (Lipinski definition) is 2. The van der Waals surface area contributed by atoms with E-state index in [0.29, 0.717) is 43.9 Å². The lowest BCUT2D eigenvalue weighted by molar-refractivity contribution is -0.123. The molecule has 1 aliphatic carbocycles. The van der Waals surface area contributed by atoms with Gasteiger partial charge in [0.05, 0.1) is 17.5 Å². The number of benzene rings is 1. The van der Waals surface area contributed by atoms with Gasteiger partial charge in [0.2, 0.25) is 11.7 Å². The average Bonchev–Trinajstić information content (AvgIpc) is 3.48. The summed E-state index contributed by atoms with van der Waals surface area (Å²) in [5.74, 6) is -0.670. The zero-order valence-electron chi connectivity index (χ0n) is 19.7. The number of sulfone groups is 1. The summed E-state index contributed by atoms with van der Waals surface area (Å²) in [6.45, 7) is 1.14. The molecule has 1 aliphatic heterocycles. The van der Waals surface area contributed by atoms with Crippen molar-refractivity contribution in [3.63, 3.8) is 0 Å². The van der Waals surface area contributed by atoms with Gasteiger partial charge in [0.1, 0.15) is 6.04 Å². The van der Waals surface area contributed by atoms with Gasteiger partial charge in [0.25, 0.3) is 0 Å². The summed E-state index contributed by atoms with van der Waals surface area (Å²) in [5, 5.41) is 8.20. The standard InChI is InChI=1S/C25H33N3O5S2/c29-23(25-26-12-15-34-25)21(9-8-18-4-2-1-3-5-18)28-24(30)22(27-20-10-13-33-14-11-20)17-35(31,32)16-19-6-7-19/h1-5,12,15,19-22,27H,6-11,13-14,16-17H2,(H,28,30)/t21-,22+/m1/s1. The predicted octanol–water partition coefficient (Wildman–Crippen LogP) is 2.41. The van der Waals surface area contributed by atoms with Gasteiger partial charge in [-0.2, -0.15) is 0 Å². The Morgan fingerprint density at radius 3 is 2.49 bits per heavy atom. The monoisotopic (exact) mass is 519 g/mol. The molecule has 1 amide bonds. The summed E-state index contributed by atoms with van der Waals surface area (Å²) >= 11 is 1.23. The zero-order chi connectivity index (χ0) is 24.7. The van der Waals surface area contributed by atoms with E-state index in [-0.39, 0.29) is 29.2 Å². The van der Waals surface area contributed by atoms with Crippen LogP contribution in [-0.4, -0.2) is 67.9 Å². The van der Waals surface area contributed by atoms with Gasteiger partial charge in [0, 0.05) is 30.8 Å². The molecule has 190 valence electrons. The molecular formula is C25H33N3O5S2. The van der Waals surface area contributed by atoms with E-state index in [0.717, 1.165) is 18.4 Å². The molecule has 2 aliphatic rings. The summed E-state index contributed by atoms with van der Waals surface area (Å²) in [4.78, 5) is 30.8. The molecule has 2 aromatic rings. The number of ketones is 1. The molecule has 0 bridgehead atoms. The lowest BCUT2D eigenvalue weighted by atomic mass is 10.0. The zero-order valence-corrected chi connectivity index (χ0v) is 21.4. The molecule has 35 heavy (non-hydrogen) atoms. The topological polar surface area (TPSA) is 114 Å². The van der Waals surface area contributed by atoms with Crippen LogP contribution in [0.2, 0.25) is 0 Å². The van der Waals surface area contributed by atoms with Crippen LogP contribution in [0.1, 0.15) is 47.5 Å². The van der Waals surface area contributed by atoms with Crippen LogP contribution in [-0.2, 0) is 25.8 Å². The van der Waals surface area contributed by atoms with Crippen LogP contribution in [0.15, 0.2) is 41.9 Å². The molecule has 2 fully saturated rings. The van der Waals surface area contributed by atoms with Crippen molar-refractivity contribution in [2.75, 3.05) is 24.7 Å². The Labute approximate surface area is 210 Å². The van der Waals surface area contributed by atoms with E-state index in [4.69, 9.17) is 4.74 Å². The summed E-state index contributed by atoms with van der Waals surface area (Å²) in [5.41, 5.74) is 1.06. The van der Waals surface area contributed by atoms with Gasteiger partial charge in [-0.1, -0.05) is 30.3 Å². The van der Waals surface area contributed by atoms with Gasteiger partial charge in [-0.25, -0.2) is 13.4 Å². The number of carbonyl (C=O) groups is 2. The maximum atomic E-state index is 13.5. The summed E-state index contributed by atoms with van der Waals surface area (Å²) in [6, 6.07) is 8.03. The first kappa shape index (κ1) is 25.9. The third kappa shape index (κ3) is 8.20. The van der Waals surface area contributed by atoms with Crippen LogP contribution in [0.4, 0.5) is 0 Å². The molecule has 2 heterocycles. The van der Waals surface area contributed by atoms with E-state index in [2.05, 4.69) is 15.6 Å². The first-order chi connectivity index (χ1) is 16.9. The molecule has 2 atom stereocenters. The normalized spacial score (nSPS) is 18.6. The van der Waals surface area contributed by atoms with Gasteiger partial charge in [-0.3, -0.25) is 9.59 Å². The molecular weight excluding hydrogens is 486 g/mol. The highest BCUT2D eigenvalue weighted by Gasteiger charge is 2.35. The van der Waals surface area contributed by atoms with Crippen molar-refractivity contribution in [2.45, 2.75) is 56.7 Å². The number of nitrogens with zero attached hydrogens (tertiary/aromatic N) is 1. The largest absolute Gasteiger partial charge is 0.381 e. The van der Waals surface area contributed by atoms with Crippen LogP contribution >= 0.6 is 11.3 Å². The number of aromatic nitrogens is 1. The van der Waals surface area contributed by atoms with E-state index >= 15 is 0 Å². The SMILES string of the molecule is O=C(N[C@H](CCc1ccccc1)C(=O)c1nccs1)[C@H](CS(=O)(=O)CC1CC1)NC1CCOCC1. The number of thiazole rings is 1. The number of Topliss-reactive ketones (excluding diaryl/α,β-unsaturated/α-hetero) is 1.